The number of rotatable bonds is 2. The van der Waals surface area contributed by atoms with E-state index in [9.17, 15) is 0 Å². The molecule has 0 bridgehead atoms. The SMILES string of the molecule is CC(C)OC1CCN(C)C1.O=S=O. The molecule has 1 saturated heterocycles. The third-order valence-corrected chi connectivity index (χ3v) is 1.81. The summed E-state index contributed by atoms with van der Waals surface area (Å²) in [5, 5.41) is 0. The van der Waals surface area contributed by atoms with Gasteiger partial charge in [-0.25, -0.2) is 0 Å². The number of hydrogen-bond donors (Lipinski definition) is 0. The monoisotopic (exact) mass is 207 g/mol. The molecular weight excluding hydrogens is 190 g/mol. The highest BCUT2D eigenvalue weighted by Crippen LogP contribution is 2.11. The van der Waals surface area contributed by atoms with E-state index in [1.165, 1.54) is 13.0 Å². The lowest BCUT2D eigenvalue weighted by molar-refractivity contribution is 0.0153. The molecule has 0 radical (unpaired) electrons. The van der Waals surface area contributed by atoms with Gasteiger partial charge in [-0.3, -0.25) is 0 Å². The lowest BCUT2D eigenvalue weighted by Gasteiger charge is -2.14. The minimum absolute atomic E-state index is 0.386. The molecule has 1 fully saturated rings. The minimum atomic E-state index is -0.750. The van der Waals surface area contributed by atoms with E-state index in [-0.39, 0.29) is 0 Å². The van der Waals surface area contributed by atoms with Crippen LogP contribution >= 0.6 is 0 Å². The third kappa shape index (κ3) is 6.86. The third-order valence-electron chi connectivity index (χ3n) is 1.81. The zero-order chi connectivity index (χ0) is 10.3. The van der Waals surface area contributed by atoms with Crippen LogP contribution in [0.4, 0.5) is 0 Å². The van der Waals surface area contributed by atoms with Gasteiger partial charge in [-0.1, -0.05) is 0 Å². The number of nitrogens with zero attached hydrogens (tertiary/aromatic N) is 1. The first-order chi connectivity index (χ1) is 6.10. The van der Waals surface area contributed by atoms with E-state index in [0.717, 1.165) is 6.54 Å². The molecule has 0 aromatic rings. The Morgan fingerprint density at radius 3 is 2.31 bits per heavy atom. The van der Waals surface area contributed by atoms with E-state index in [0.29, 0.717) is 12.2 Å². The van der Waals surface area contributed by atoms with Gasteiger partial charge in [-0.15, -0.1) is 0 Å². The smallest absolute Gasteiger partial charge is 0.335 e. The highest BCUT2D eigenvalue weighted by molar-refractivity contribution is 7.51. The molecular formula is C8H17NO3S. The van der Waals surface area contributed by atoms with Crippen molar-refractivity contribution in [3.05, 3.63) is 0 Å². The van der Waals surface area contributed by atoms with Gasteiger partial charge in [-0.05, 0) is 27.3 Å². The van der Waals surface area contributed by atoms with Crippen molar-refractivity contribution in [1.29, 1.82) is 0 Å². The molecule has 0 spiro atoms. The molecule has 1 aliphatic rings. The average molecular weight is 207 g/mol. The van der Waals surface area contributed by atoms with Crippen LogP contribution in [0, 0.1) is 0 Å². The number of ether oxygens (including phenoxy) is 1. The van der Waals surface area contributed by atoms with Crippen molar-refractivity contribution in [1.82, 2.24) is 4.90 Å². The van der Waals surface area contributed by atoms with E-state index in [1.54, 1.807) is 0 Å². The Labute approximate surface area is 82.9 Å². The van der Waals surface area contributed by atoms with Crippen LogP contribution in [0.1, 0.15) is 20.3 Å². The molecule has 0 aromatic heterocycles. The van der Waals surface area contributed by atoms with E-state index in [4.69, 9.17) is 13.2 Å². The molecule has 1 heterocycles. The van der Waals surface area contributed by atoms with E-state index in [1.807, 2.05) is 0 Å². The van der Waals surface area contributed by atoms with Gasteiger partial charge in [0, 0.05) is 13.1 Å². The summed E-state index contributed by atoms with van der Waals surface area (Å²) in [6.07, 6.45) is 2.08. The topological polar surface area (TPSA) is 46.6 Å². The maximum atomic E-state index is 8.29. The minimum Gasteiger partial charge on any atom is -0.374 e. The Morgan fingerprint density at radius 2 is 2.00 bits per heavy atom. The van der Waals surface area contributed by atoms with Crippen molar-refractivity contribution in [2.45, 2.75) is 32.5 Å². The molecule has 1 aliphatic heterocycles. The van der Waals surface area contributed by atoms with Gasteiger partial charge in [0.1, 0.15) is 0 Å². The fourth-order valence-electron chi connectivity index (χ4n) is 1.39. The Hall–Kier alpha value is -0.260. The molecule has 1 unspecified atom stereocenters. The van der Waals surface area contributed by atoms with E-state index in [2.05, 4.69) is 25.8 Å². The summed E-state index contributed by atoms with van der Waals surface area (Å²) in [7, 11) is 2.14. The molecule has 1 rings (SSSR count). The molecule has 0 saturated carbocycles. The van der Waals surface area contributed by atoms with Gasteiger partial charge in [0.2, 0.25) is 0 Å². The van der Waals surface area contributed by atoms with Gasteiger partial charge in [0.15, 0.2) is 0 Å². The Balaban J connectivity index is 0.000000424. The lowest BCUT2D eigenvalue weighted by Crippen LogP contribution is -2.21. The maximum absolute atomic E-state index is 8.29. The van der Waals surface area contributed by atoms with E-state index < -0.39 is 11.6 Å². The van der Waals surface area contributed by atoms with Crippen LogP contribution in [0.5, 0.6) is 0 Å². The van der Waals surface area contributed by atoms with Crippen LogP contribution in [0.3, 0.4) is 0 Å². The van der Waals surface area contributed by atoms with Crippen molar-refractivity contribution in [3.8, 4) is 0 Å². The van der Waals surface area contributed by atoms with Crippen LogP contribution in [0.2, 0.25) is 0 Å². The van der Waals surface area contributed by atoms with Crippen molar-refractivity contribution >= 4 is 11.6 Å². The first-order valence-electron chi connectivity index (χ1n) is 4.36. The summed E-state index contributed by atoms with van der Waals surface area (Å²) in [5.74, 6) is 0. The summed E-state index contributed by atoms with van der Waals surface area (Å²) in [6.45, 7) is 6.49. The highest BCUT2D eigenvalue weighted by atomic mass is 32.1. The second kappa shape index (κ2) is 7.17. The van der Waals surface area contributed by atoms with Crippen LogP contribution in [0.15, 0.2) is 0 Å². The molecule has 0 N–H and O–H groups in total. The summed E-state index contributed by atoms with van der Waals surface area (Å²) in [4.78, 5) is 2.31. The molecule has 13 heavy (non-hydrogen) atoms. The van der Waals surface area contributed by atoms with E-state index >= 15 is 0 Å². The summed E-state index contributed by atoms with van der Waals surface area (Å²) in [6, 6.07) is 0. The molecule has 1 atom stereocenters. The van der Waals surface area contributed by atoms with Gasteiger partial charge in [0.25, 0.3) is 0 Å². The van der Waals surface area contributed by atoms with Crippen molar-refractivity contribution < 1.29 is 13.2 Å². The van der Waals surface area contributed by atoms with Crippen molar-refractivity contribution in [2.24, 2.45) is 0 Å². The fourth-order valence-corrected chi connectivity index (χ4v) is 1.39. The molecule has 0 amide bonds. The van der Waals surface area contributed by atoms with Crippen molar-refractivity contribution in [3.63, 3.8) is 0 Å². The predicted octanol–water partition coefficient (Wildman–Crippen LogP) is 0.445. The second-order valence-corrected chi connectivity index (χ2v) is 3.56. The van der Waals surface area contributed by atoms with Crippen LogP contribution in [0.25, 0.3) is 0 Å². The van der Waals surface area contributed by atoms with Gasteiger partial charge in [-0.2, -0.15) is 8.42 Å². The van der Waals surface area contributed by atoms with Gasteiger partial charge >= 0.3 is 11.6 Å². The Kier molecular flexibility index (Phi) is 7.03. The molecule has 0 aliphatic carbocycles. The maximum Gasteiger partial charge on any atom is 0.335 e. The molecule has 0 aromatic carbocycles. The first-order valence-corrected chi connectivity index (χ1v) is 5.02. The largest absolute Gasteiger partial charge is 0.374 e. The molecule has 4 nitrogen and oxygen atoms in total. The fraction of sp³-hybridized carbons (Fsp3) is 1.00. The quantitative estimate of drug-likeness (QED) is 0.659. The molecule has 5 heteroatoms. The molecule has 78 valence electrons. The first kappa shape index (κ1) is 12.7. The number of likely N-dealkylation sites (tertiary alicyclic amines) is 1. The summed E-state index contributed by atoms with van der Waals surface area (Å²) < 4.78 is 22.2. The predicted molar refractivity (Wildman–Crippen MR) is 51.0 cm³/mol. The second-order valence-electron chi connectivity index (χ2n) is 3.43. The van der Waals surface area contributed by atoms with Crippen LogP contribution in [-0.4, -0.2) is 45.7 Å². The summed E-state index contributed by atoms with van der Waals surface area (Å²) in [5.41, 5.74) is 0. The van der Waals surface area contributed by atoms with Crippen molar-refractivity contribution in [2.75, 3.05) is 20.1 Å². The average Bonchev–Trinajstić information content (AvgIpc) is 2.35. The van der Waals surface area contributed by atoms with Crippen LogP contribution in [-0.2, 0) is 16.3 Å². The number of likely N-dealkylation sites (N-methyl/N-ethyl adjacent to an activating group) is 1. The van der Waals surface area contributed by atoms with Gasteiger partial charge < -0.3 is 9.64 Å². The summed E-state index contributed by atoms with van der Waals surface area (Å²) >= 11 is -0.750. The lowest BCUT2D eigenvalue weighted by atomic mass is 10.3. The Morgan fingerprint density at radius 1 is 1.46 bits per heavy atom. The Bertz CT molecular complexity index is 169. The zero-order valence-electron chi connectivity index (χ0n) is 8.36. The number of hydrogen-bond acceptors (Lipinski definition) is 4. The zero-order valence-corrected chi connectivity index (χ0v) is 9.17. The standard InChI is InChI=1S/C8H17NO.O2S/c1-7(2)10-8-4-5-9(3)6-8;1-3-2/h7-8H,4-6H2,1-3H3;. The highest BCUT2D eigenvalue weighted by Gasteiger charge is 2.20. The normalized spacial score (nSPS) is 22.6. The van der Waals surface area contributed by atoms with Crippen LogP contribution < -0.4 is 0 Å². The van der Waals surface area contributed by atoms with Gasteiger partial charge in [0.05, 0.1) is 12.2 Å².